The highest BCUT2D eigenvalue weighted by Crippen LogP contribution is 2.30. The Hall–Kier alpha value is -3.98. The van der Waals surface area contributed by atoms with E-state index in [1.54, 1.807) is 70.2 Å². The lowest BCUT2D eigenvalue weighted by atomic mass is 10.0. The van der Waals surface area contributed by atoms with Crippen molar-refractivity contribution in [2.24, 2.45) is 11.0 Å². The molecule has 2 N–H and O–H groups in total. The Morgan fingerprint density at radius 3 is 2.51 bits per heavy atom. The molecule has 1 atom stereocenters. The minimum absolute atomic E-state index is 0.0115. The molecule has 1 unspecified atom stereocenters. The van der Waals surface area contributed by atoms with Gasteiger partial charge in [0, 0.05) is 17.2 Å². The Bertz CT molecular complexity index is 1300. The standard InChI is InChI=1S/C25H25ClN4O5/c1-14(2)23(28-24(31)19-7-5-6-8-20(19)26)25(32)29-27-13-18-9-10-22(35-18)17-11-15(3)16(4)21(12-17)30(33)34/h5-14,23H,1-4H3,(H,28,31)(H,29,32). The van der Waals surface area contributed by atoms with E-state index in [1.807, 2.05) is 0 Å². The summed E-state index contributed by atoms with van der Waals surface area (Å²) in [6.45, 7) is 7.08. The molecule has 2 aromatic carbocycles. The summed E-state index contributed by atoms with van der Waals surface area (Å²) in [6.07, 6.45) is 1.31. The SMILES string of the molecule is Cc1cc(-c2ccc(C=NNC(=O)C(NC(=O)c3ccccc3Cl)C(C)C)o2)cc([N+](=O)[O-])c1C. The largest absolute Gasteiger partial charge is 0.455 e. The van der Waals surface area contributed by atoms with Crippen LogP contribution in [0.4, 0.5) is 5.69 Å². The minimum Gasteiger partial charge on any atom is -0.455 e. The molecule has 1 heterocycles. The summed E-state index contributed by atoms with van der Waals surface area (Å²) < 4.78 is 5.72. The summed E-state index contributed by atoms with van der Waals surface area (Å²) in [5, 5.41) is 18.2. The van der Waals surface area contributed by atoms with Gasteiger partial charge >= 0.3 is 0 Å². The van der Waals surface area contributed by atoms with E-state index in [1.165, 1.54) is 12.3 Å². The maximum Gasteiger partial charge on any atom is 0.273 e. The average molecular weight is 497 g/mol. The topological polar surface area (TPSA) is 127 Å². The molecular formula is C25H25ClN4O5. The molecule has 0 aliphatic heterocycles. The van der Waals surface area contributed by atoms with Gasteiger partial charge in [-0.25, -0.2) is 5.43 Å². The summed E-state index contributed by atoms with van der Waals surface area (Å²) in [7, 11) is 0. The third-order valence-electron chi connectivity index (χ3n) is 5.47. The van der Waals surface area contributed by atoms with Crippen LogP contribution < -0.4 is 10.7 Å². The number of nitro benzene ring substituents is 1. The van der Waals surface area contributed by atoms with Crippen LogP contribution >= 0.6 is 11.6 Å². The molecule has 0 fully saturated rings. The van der Waals surface area contributed by atoms with Crippen molar-refractivity contribution in [2.75, 3.05) is 0 Å². The van der Waals surface area contributed by atoms with Gasteiger partial charge in [-0.1, -0.05) is 37.6 Å². The first-order valence-corrected chi connectivity index (χ1v) is 11.2. The Labute approximate surface area is 207 Å². The summed E-state index contributed by atoms with van der Waals surface area (Å²) in [5.41, 5.74) is 4.61. The van der Waals surface area contributed by atoms with Gasteiger partial charge < -0.3 is 9.73 Å². The predicted molar refractivity (Wildman–Crippen MR) is 134 cm³/mol. The minimum atomic E-state index is -0.848. The molecular weight excluding hydrogens is 472 g/mol. The lowest BCUT2D eigenvalue weighted by Crippen LogP contribution is -2.48. The highest BCUT2D eigenvalue weighted by Gasteiger charge is 2.25. The molecule has 182 valence electrons. The van der Waals surface area contributed by atoms with Crippen LogP contribution in [0.25, 0.3) is 11.3 Å². The number of nitro groups is 1. The van der Waals surface area contributed by atoms with E-state index in [4.69, 9.17) is 16.0 Å². The third-order valence-corrected chi connectivity index (χ3v) is 5.80. The van der Waals surface area contributed by atoms with Crippen molar-refractivity contribution in [1.29, 1.82) is 0 Å². The average Bonchev–Trinajstić information content (AvgIpc) is 3.27. The monoisotopic (exact) mass is 496 g/mol. The van der Waals surface area contributed by atoms with Crippen LogP contribution in [-0.2, 0) is 4.79 Å². The van der Waals surface area contributed by atoms with Crippen LogP contribution in [0.3, 0.4) is 0 Å². The number of hydrogen-bond acceptors (Lipinski definition) is 6. The van der Waals surface area contributed by atoms with Gasteiger partial charge in [0.25, 0.3) is 17.5 Å². The Morgan fingerprint density at radius 2 is 1.86 bits per heavy atom. The van der Waals surface area contributed by atoms with Gasteiger partial charge in [0.05, 0.1) is 21.7 Å². The second kappa shape index (κ2) is 11.0. The van der Waals surface area contributed by atoms with E-state index in [0.29, 0.717) is 22.6 Å². The number of halogens is 1. The van der Waals surface area contributed by atoms with Gasteiger partial charge in [0.1, 0.15) is 17.6 Å². The number of hydrogen-bond donors (Lipinski definition) is 2. The van der Waals surface area contributed by atoms with Crippen LogP contribution in [0.15, 0.2) is 58.0 Å². The molecule has 10 heteroatoms. The molecule has 9 nitrogen and oxygen atoms in total. The maximum atomic E-state index is 12.7. The first kappa shape index (κ1) is 25.6. The molecule has 0 saturated heterocycles. The van der Waals surface area contributed by atoms with Crippen LogP contribution in [0, 0.1) is 29.9 Å². The van der Waals surface area contributed by atoms with Crippen molar-refractivity contribution in [3.05, 3.63) is 86.1 Å². The molecule has 1 aromatic heterocycles. The van der Waals surface area contributed by atoms with Crippen LogP contribution in [0.1, 0.15) is 41.1 Å². The summed E-state index contributed by atoms with van der Waals surface area (Å²) >= 11 is 6.07. The Morgan fingerprint density at radius 1 is 1.14 bits per heavy atom. The van der Waals surface area contributed by atoms with Crippen molar-refractivity contribution in [3.63, 3.8) is 0 Å². The fourth-order valence-corrected chi connectivity index (χ4v) is 3.60. The number of furan rings is 1. The van der Waals surface area contributed by atoms with Crippen molar-refractivity contribution in [2.45, 2.75) is 33.7 Å². The van der Waals surface area contributed by atoms with Gasteiger partial charge in [0.2, 0.25) is 0 Å². The number of nitrogens with zero attached hydrogens (tertiary/aromatic N) is 2. The zero-order chi connectivity index (χ0) is 25.7. The third kappa shape index (κ3) is 6.13. The van der Waals surface area contributed by atoms with Gasteiger partial charge in [-0.2, -0.15) is 5.10 Å². The fourth-order valence-electron chi connectivity index (χ4n) is 3.38. The predicted octanol–water partition coefficient (Wildman–Crippen LogP) is 5.03. The number of amides is 2. The smallest absolute Gasteiger partial charge is 0.273 e. The maximum absolute atomic E-state index is 12.7. The van der Waals surface area contributed by atoms with Crippen molar-refractivity contribution in [1.82, 2.24) is 10.7 Å². The lowest BCUT2D eigenvalue weighted by Gasteiger charge is -2.20. The second-order valence-corrected chi connectivity index (χ2v) is 8.71. The molecule has 0 bridgehead atoms. The Balaban J connectivity index is 1.69. The zero-order valence-electron chi connectivity index (χ0n) is 19.7. The number of benzene rings is 2. The molecule has 3 rings (SSSR count). The second-order valence-electron chi connectivity index (χ2n) is 8.31. The molecule has 0 radical (unpaired) electrons. The fraction of sp³-hybridized carbons (Fsp3) is 0.240. The lowest BCUT2D eigenvalue weighted by molar-refractivity contribution is -0.385. The van der Waals surface area contributed by atoms with Gasteiger partial charge in [0.15, 0.2) is 0 Å². The molecule has 0 saturated carbocycles. The van der Waals surface area contributed by atoms with Crippen molar-refractivity contribution < 1.29 is 18.9 Å². The van der Waals surface area contributed by atoms with Gasteiger partial charge in [-0.05, 0) is 55.7 Å². The number of carbonyl (C=O) groups is 2. The van der Waals surface area contributed by atoms with E-state index >= 15 is 0 Å². The Kier molecular flexibility index (Phi) is 8.03. The normalized spacial score (nSPS) is 12.1. The highest BCUT2D eigenvalue weighted by atomic mass is 35.5. The summed E-state index contributed by atoms with van der Waals surface area (Å²) in [4.78, 5) is 36.1. The molecule has 2 amide bonds. The molecule has 35 heavy (non-hydrogen) atoms. The van der Waals surface area contributed by atoms with E-state index in [9.17, 15) is 19.7 Å². The van der Waals surface area contributed by atoms with Crippen LogP contribution in [0.2, 0.25) is 5.02 Å². The molecule has 0 aliphatic carbocycles. The van der Waals surface area contributed by atoms with Gasteiger partial charge in [-0.3, -0.25) is 19.7 Å². The number of hydrazone groups is 1. The number of rotatable bonds is 8. The van der Waals surface area contributed by atoms with Gasteiger partial charge in [-0.15, -0.1) is 0 Å². The quantitative estimate of drug-likeness (QED) is 0.257. The molecule has 0 aliphatic rings. The first-order valence-electron chi connectivity index (χ1n) is 10.8. The van der Waals surface area contributed by atoms with E-state index < -0.39 is 22.8 Å². The van der Waals surface area contributed by atoms with Crippen molar-refractivity contribution in [3.8, 4) is 11.3 Å². The van der Waals surface area contributed by atoms with Crippen molar-refractivity contribution >= 4 is 35.3 Å². The number of aryl methyl sites for hydroxylation is 1. The summed E-state index contributed by atoms with van der Waals surface area (Å²) in [5.74, 6) is -0.425. The van der Waals surface area contributed by atoms with E-state index in [-0.39, 0.29) is 22.2 Å². The summed E-state index contributed by atoms with van der Waals surface area (Å²) in [6, 6.07) is 12.3. The number of carbonyl (C=O) groups excluding carboxylic acids is 2. The zero-order valence-corrected chi connectivity index (χ0v) is 20.4. The first-order chi connectivity index (χ1) is 16.6. The van der Waals surface area contributed by atoms with Crippen LogP contribution in [0.5, 0.6) is 0 Å². The van der Waals surface area contributed by atoms with E-state index in [0.717, 1.165) is 5.56 Å². The highest BCUT2D eigenvalue weighted by molar-refractivity contribution is 6.33. The van der Waals surface area contributed by atoms with E-state index in [2.05, 4.69) is 15.8 Å². The molecule has 3 aromatic rings. The van der Waals surface area contributed by atoms with Crippen LogP contribution in [-0.4, -0.2) is 29.0 Å². The number of nitrogens with one attached hydrogen (secondary N) is 2. The molecule has 0 spiro atoms.